The molecule has 26 heavy (non-hydrogen) atoms. The number of hydrogen-bond acceptors (Lipinski definition) is 3. The topological polar surface area (TPSA) is 58.4 Å². The Labute approximate surface area is 168 Å². The normalized spacial score (nSPS) is 15.4. The van der Waals surface area contributed by atoms with Crippen LogP contribution in [0.25, 0.3) is 0 Å². The maximum absolute atomic E-state index is 12.4. The van der Waals surface area contributed by atoms with Crippen molar-refractivity contribution in [3.8, 4) is 0 Å². The van der Waals surface area contributed by atoms with E-state index in [1.165, 1.54) is 11.3 Å². The summed E-state index contributed by atoms with van der Waals surface area (Å²) in [5.41, 5.74) is 9.38. The number of carbonyl (C=O) groups is 1. The summed E-state index contributed by atoms with van der Waals surface area (Å²) in [6, 6.07) is 17.8. The van der Waals surface area contributed by atoms with Gasteiger partial charge >= 0.3 is 0 Å². The van der Waals surface area contributed by atoms with Gasteiger partial charge in [-0.2, -0.15) is 0 Å². The molecule has 142 valence electrons. The number of piperidine rings is 1. The van der Waals surface area contributed by atoms with E-state index >= 15 is 0 Å². The SMILES string of the molecule is Cc1ccc(C(N)C(=O)NC2CCN(c3ccccc3)CC2)cc1.Cl.Cl. The third kappa shape index (κ3) is 5.63. The molecule has 0 radical (unpaired) electrons. The molecule has 2 aromatic carbocycles. The molecule has 1 unspecified atom stereocenters. The molecule has 0 saturated carbocycles. The van der Waals surface area contributed by atoms with Crippen LogP contribution in [0.15, 0.2) is 54.6 Å². The van der Waals surface area contributed by atoms with Crippen molar-refractivity contribution in [1.29, 1.82) is 0 Å². The number of benzene rings is 2. The van der Waals surface area contributed by atoms with Gasteiger partial charge in [-0.1, -0.05) is 48.0 Å². The lowest BCUT2D eigenvalue weighted by atomic mass is 10.0. The molecule has 0 bridgehead atoms. The second-order valence-corrected chi connectivity index (χ2v) is 6.49. The van der Waals surface area contributed by atoms with E-state index in [9.17, 15) is 4.79 Å². The Bertz CT molecular complexity index is 671. The molecule has 0 aromatic heterocycles. The summed E-state index contributed by atoms with van der Waals surface area (Å²) in [6.45, 7) is 3.93. The van der Waals surface area contributed by atoms with Gasteiger partial charge in [0.2, 0.25) is 5.91 Å². The zero-order valence-electron chi connectivity index (χ0n) is 14.9. The number of halogens is 2. The van der Waals surface area contributed by atoms with Gasteiger partial charge in [0.1, 0.15) is 6.04 Å². The first-order valence-corrected chi connectivity index (χ1v) is 8.56. The first-order chi connectivity index (χ1) is 11.6. The predicted octanol–water partition coefficient (Wildman–Crippen LogP) is 3.62. The van der Waals surface area contributed by atoms with Crippen LogP contribution in [0.3, 0.4) is 0 Å². The van der Waals surface area contributed by atoms with Crippen LogP contribution in [0.2, 0.25) is 0 Å². The molecule has 1 saturated heterocycles. The number of nitrogens with one attached hydrogen (secondary N) is 1. The Kier molecular flexibility index (Phi) is 8.93. The van der Waals surface area contributed by atoms with Crippen LogP contribution in [0.4, 0.5) is 5.69 Å². The zero-order valence-corrected chi connectivity index (χ0v) is 16.6. The average Bonchev–Trinajstić information content (AvgIpc) is 2.63. The summed E-state index contributed by atoms with van der Waals surface area (Å²) in [5, 5.41) is 3.11. The molecule has 6 heteroatoms. The minimum Gasteiger partial charge on any atom is -0.371 e. The molecule has 1 fully saturated rings. The molecule has 1 aliphatic heterocycles. The number of nitrogens with zero attached hydrogens (tertiary/aromatic N) is 1. The van der Waals surface area contributed by atoms with E-state index in [0.717, 1.165) is 31.5 Å². The van der Waals surface area contributed by atoms with Crippen molar-refractivity contribution >= 4 is 36.4 Å². The standard InChI is InChI=1S/C20H25N3O.2ClH/c1-15-7-9-16(10-8-15)19(21)20(24)22-17-11-13-23(14-12-17)18-5-3-2-4-6-18;;/h2-10,17,19H,11-14,21H2,1H3,(H,22,24);2*1H. The Morgan fingerprint density at radius 3 is 2.19 bits per heavy atom. The van der Waals surface area contributed by atoms with E-state index in [0.29, 0.717) is 0 Å². The Hall–Kier alpha value is -1.75. The Morgan fingerprint density at radius 2 is 1.62 bits per heavy atom. The molecule has 3 rings (SSSR count). The van der Waals surface area contributed by atoms with Crippen LogP contribution >= 0.6 is 24.8 Å². The summed E-state index contributed by atoms with van der Waals surface area (Å²) in [6.07, 6.45) is 1.89. The highest BCUT2D eigenvalue weighted by Crippen LogP contribution is 2.20. The smallest absolute Gasteiger partial charge is 0.241 e. The molecular weight excluding hydrogens is 369 g/mol. The lowest BCUT2D eigenvalue weighted by Crippen LogP contribution is -2.47. The van der Waals surface area contributed by atoms with Gasteiger partial charge in [-0.3, -0.25) is 4.79 Å². The first-order valence-electron chi connectivity index (χ1n) is 8.56. The molecule has 1 heterocycles. The molecule has 2 aromatic rings. The van der Waals surface area contributed by atoms with E-state index in [1.807, 2.05) is 37.3 Å². The van der Waals surface area contributed by atoms with Crippen LogP contribution in [-0.2, 0) is 4.79 Å². The summed E-state index contributed by atoms with van der Waals surface area (Å²) in [7, 11) is 0. The van der Waals surface area contributed by atoms with Crippen molar-refractivity contribution in [2.45, 2.75) is 31.8 Å². The largest absolute Gasteiger partial charge is 0.371 e. The minimum absolute atomic E-state index is 0. The lowest BCUT2D eigenvalue weighted by Gasteiger charge is -2.34. The van der Waals surface area contributed by atoms with Gasteiger partial charge in [0.15, 0.2) is 0 Å². The van der Waals surface area contributed by atoms with E-state index < -0.39 is 6.04 Å². The van der Waals surface area contributed by atoms with Crippen LogP contribution in [0.1, 0.15) is 30.0 Å². The van der Waals surface area contributed by atoms with Crippen molar-refractivity contribution in [2.75, 3.05) is 18.0 Å². The molecule has 0 aliphatic carbocycles. The maximum Gasteiger partial charge on any atom is 0.241 e. The van der Waals surface area contributed by atoms with Crippen molar-refractivity contribution in [3.63, 3.8) is 0 Å². The van der Waals surface area contributed by atoms with Gasteiger partial charge in [0.25, 0.3) is 0 Å². The molecule has 1 atom stereocenters. The average molecular weight is 396 g/mol. The molecule has 4 nitrogen and oxygen atoms in total. The Morgan fingerprint density at radius 1 is 1.04 bits per heavy atom. The number of aryl methyl sites for hydroxylation is 1. The van der Waals surface area contributed by atoms with Gasteiger partial charge in [0, 0.05) is 24.8 Å². The first kappa shape index (κ1) is 22.3. The molecule has 3 N–H and O–H groups in total. The number of amides is 1. The number of para-hydroxylation sites is 1. The fourth-order valence-corrected chi connectivity index (χ4v) is 3.14. The minimum atomic E-state index is -0.599. The fraction of sp³-hybridized carbons (Fsp3) is 0.350. The van der Waals surface area contributed by atoms with Crippen LogP contribution in [-0.4, -0.2) is 25.0 Å². The third-order valence-corrected chi connectivity index (χ3v) is 4.68. The highest BCUT2D eigenvalue weighted by molar-refractivity contribution is 5.85. The van der Waals surface area contributed by atoms with Crippen LogP contribution < -0.4 is 16.0 Å². The monoisotopic (exact) mass is 395 g/mol. The number of anilines is 1. The zero-order chi connectivity index (χ0) is 16.9. The second kappa shape index (κ2) is 10.4. The summed E-state index contributed by atoms with van der Waals surface area (Å²) in [5.74, 6) is -0.0861. The van der Waals surface area contributed by atoms with E-state index in [4.69, 9.17) is 5.73 Å². The highest BCUT2D eigenvalue weighted by atomic mass is 35.5. The maximum atomic E-state index is 12.4. The summed E-state index contributed by atoms with van der Waals surface area (Å²) < 4.78 is 0. The molecule has 0 spiro atoms. The predicted molar refractivity (Wildman–Crippen MR) is 112 cm³/mol. The van der Waals surface area contributed by atoms with Gasteiger partial charge in [-0.05, 0) is 37.5 Å². The number of nitrogens with two attached hydrogens (primary N) is 1. The van der Waals surface area contributed by atoms with Crippen molar-refractivity contribution < 1.29 is 4.79 Å². The molecule has 1 amide bonds. The highest BCUT2D eigenvalue weighted by Gasteiger charge is 2.23. The Balaban J connectivity index is 0.00000169. The summed E-state index contributed by atoms with van der Waals surface area (Å²) >= 11 is 0. The second-order valence-electron chi connectivity index (χ2n) is 6.49. The van der Waals surface area contributed by atoms with Crippen LogP contribution in [0, 0.1) is 6.92 Å². The molecule has 1 aliphatic rings. The van der Waals surface area contributed by atoms with E-state index in [2.05, 4.69) is 34.5 Å². The number of hydrogen-bond donors (Lipinski definition) is 2. The van der Waals surface area contributed by atoms with Crippen molar-refractivity contribution in [1.82, 2.24) is 5.32 Å². The van der Waals surface area contributed by atoms with Gasteiger partial charge in [-0.25, -0.2) is 0 Å². The third-order valence-electron chi connectivity index (χ3n) is 4.68. The van der Waals surface area contributed by atoms with Crippen molar-refractivity contribution in [2.24, 2.45) is 5.73 Å². The quantitative estimate of drug-likeness (QED) is 0.830. The van der Waals surface area contributed by atoms with E-state index in [-0.39, 0.29) is 36.8 Å². The molecular formula is C20H27Cl2N3O. The van der Waals surface area contributed by atoms with Crippen LogP contribution in [0.5, 0.6) is 0 Å². The van der Waals surface area contributed by atoms with Gasteiger partial charge < -0.3 is 16.0 Å². The lowest BCUT2D eigenvalue weighted by molar-refractivity contribution is -0.123. The fourth-order valence-electron chi connectivity index (χ4n) is 3.14. The summed E-state index contributed by atoms with van der Waals surface area (Å²) in [4.78, 5) is 14.8. The van der Waals surface area contributed by atoms with Crippen molar-refractivity contribution in [3.05, 3.63) is 65.7 Å². The van der Waals surface area contributed by atoms with Gasteiger partial charge in [0.05, 0.1) is 0 Å². The number of rotatable bonds is 4. The van der Waals surface area contributed by atoms with Gasteiger partial charge in [-0.15, -0.1) is 24.8 Å². The van der Waals surface area contributed by atoms with E-state index in [1.54, 1.807) is 0 Å². The number of carbonyl (C=O) groups excluding carboxylic acids is 1.